The molecule has 1 saturated heterocycles. The summed E-state index contributed by atoms with van der Waals surface area (Å²) in [6.07, 6.45) is 6.90. The van der Waals surface area contributed by atoms with Gasteiger partial charge in [-0.15, -0.1) is 0 Å². The predicted molar refractivity (Wildman–Crippen MR) is 98.0 cm³/mol. The summed E-state index contributed by atoms with van der Waals surface area (Å²) in [7, 11) is 1.89. The smallest absolute Gasteiger partial charge is 0.193 e. The predicted octanol–water partition coefficient (Wildman–Crippen LogP) is 3.41. The lowest BCUT2D eigenvalue weighted by atomic mass is 9.99. The van der Waals surface area contributed by atoms with Gasteiger partial charge >= 0.3 is 0 Å². The minimum absolute atomic E-state index is 0.853. The lowest BCUT2D eigenvalue weighted by Crippen LogP contribution is -2.45. The molecule has 124 valence electrons. The fourth-order valence-corrected chi connectivity index (χ4v) is 3.37. The number of hydrogen-bond acceptors (Lipinski definition) is 1. The molecule has 0 unspecified atom stereocenters. The molecule has 2 aromatic rings. The molecule has 2 heterocycles. The Morgan fingerprint density at radius 2 is 2.09 bits per heavy atom. The molecule has 0 radical (unpaired) electrons. The Bertz CT molecular complexity index is 650. The maximum Gasteiger partial charge on any atom is 0.193 e. The molecule has 0 aliphatic carbocycles. The maximum atomic E-state index is 4.45. The number of hydrogen-bond donors (Lipinski definition) is 2. The van der Waals surface area contributed by atoms with E-state index >= 15 is 0 Å². The first-order chi connectivity index (χ1) is 11.3. The first-order valence-corrected chi connectivity index (χ1v) is 8.78. The number of likely N-dealkylation sites (tertiary alicyclic amines) is 1. The number of nitrogens with one attached hydrogen (secondary N) is 2. The molecule has 0 amide bonds. The number of fused-ring (bicyclic) bond motifs is 1. The van der Waals surface area contributed by atoms with Crippen molar-refractivity contribution in [3.05, 3.63) is 36.0 Å². The van der Waals surface area contributed by atoms with Gasteiger partial charge in [-0.2, -0.15) is 0 Å². The number of rotatable bonds is 4. The van der Waals surface area contributed by atoms with E-state index in [2.05, 4.69) is 57.6 Å². The molecule has 0 saturated carbocycles. The topological polar surface area (TPSA) is 43.4 Å². The second-order valence-electron chi connectivity index (χ2n) is 6.61. The first-order valence-electron chi connectivity index (χ1n) is 8.78. The number of guanidine groups is 1. The van der Waals surface area contributed by atoms with E-state index in [0.717, 1.165) is 44.4 Å². The molecule has 1 aromatic heterocycles. The summed E-state index contributed by atoms with van der Waals surface area (Å²) in [4.78, 5) is 10.2. The van der Waals surface area contributed by atoms with Crippen LogP contribution in [0.5, 0.6) is 0 Å². The highest BCUT2D eigenvalue weighted by Gasteiger charge is 2.18. The van der Waals surface area contributed by atoms with Crippen molar-refractivity contribution in [3.63, 3.8) is 0 Å². The number of aromatic amines is 1. The summed E-state index contributed by atoms with van der Waals surface area (Å²) >= 11 is 0. The third-order valence-corrected chi connectivity index (χ3v) is 4.88. The number of aliphatic imine (C=N–C) groups is 1. The van der Waals surface area contributed by atoms with Crippen LogP contribution in [0, 0.1) is 5.92 Å². The third-order valence-electron chi connectivity index (χ3n) is 4.88. The second-order valence-corrected chi connectivity index (χ2v) is 6.61. The zero-order valence-electron chi connectivity index (χ0n) is 14.3. The molecule has 1 fully saturated rings. The minimum atomic E-state index is 0.853. The number of nitrogens with zero attached hydrogens (tertiary/aromatic N) is 2. The highest BCUT2D eigenvalue weighted by Crippen LogP contribution is 2.19. The highest BCUT2D eigenvalue weighted by atomic mass is 15.3. The SMILES string of the molecule is CN=C(NCCCc1c[nH]c2ccccc12)N1CCC(C)CC1. The van der Waals surface area contributed by atoms with Gasteiger partial charge in [-0.25, -0.2) is 0 Å². The van der Waals surface area contributed by atoms with Gasteiger partial charge in [0.25, 0.3) is 0 Å². The Hall–Kier alpha value is -1.97. The molecule has 0 bridgehead atoms. The Morgan fingerprint density at radius 3 is 2.87 bits per heavy atom. The molecular formula is C19H28N4. The number of piperidine rings is 1. The van der Waals surface area contributed by atoms with Crippen molar-refractivity contribution in [2.24, 2.45) is 10.9 Å². The zero-order valence-corrected chi connectivity index (χ0v) is 14.3. The molecule has 3 rings (SSSR count). The lowest BCUT2D eigenvalue weighted by molar-refractivity contribution is 0.273. The van der Waals surface area contributed by atoms with Crippen LogP contribution in [-0.2, 0) is 6.42 Å². The molecular weight excluding hydrogens is 284 g/mol. The van der Waals surface area contributed by atoms with Crippen LogP contribution in [0.3, 0.4) is 0 Å². The second kappa shape index (κ2) is 7.53. The van der Waals surface area contributed by atoms with Crippen molar-refractivity contribution in [1.29, 1.82) is 0 Å². The van der Waals surface area contributed by atoms with E-state index in [0.29, 0.717) is 0 Å². The van der Waals surface area contributed by atoms with E-state index < -0.39 is 0 Å². The average molecular weight is 312 g/mol. The number of aryl methyl sites for hydroxylation is 1. The molecule has 1 aliphatic rings. The lowest BCUT2D eigenvalue weighted by Gasteiger charge is -2.32. The molecule has 0 spiro atoms. The molecule has 2 N–H and O–H groups in total. The van der Waals surface area contributed by atoms with Gasteiger partial charge < -0.3 is 15.2 Å². The average Bonchev–Trinajstić information content (AvgIpc) is 2.99. The number of benzene rings is 1. The van der Waals surface area contributed by atoms with Crippen molar-refractivity contribution in [1.82, 2.24) is 15.2 Å². The van der Waals surface area contributed by atoms with Gasteiger partial charge in [0.05, 0.1) is 0 Å². The summed E-state index contributed by atoms with van der Waals surface area (Å²) < 4.78 is 0. The number of para-hydroxylation sites is 1. The van der Waals surface area contributed by atoms with Crippen LogP contribution in [0.2, 0.25) is 0 Å². The van der Waals surface area contributed by atoms with Crippen LogP contribution < -0.4 is 5.32 Å². The fraction of sp³-hybridized carbons (Fsp3) is 0.526. The summed E-state index contributed by atoms with van der Waals surface area (Å²) in [6, 6.07) is 8.52. The molecule has 4 nitrogen and oxygen atoms in total. The molecule has 0 atom stereocenters. The largest absolute Gasteiger partial charge is 0.361 e. The van der Waals surface area contributed by atoms with E-state index in [1.807, 2.05) is 7.05 Å². The molecule has 23 heavy (non-hydrogen) atoms. The van der Waals surface area contributed by atoms with E-state index in [9.17, 15) is 0 Å². The van der Waals surface area contributed by atoms with Gasteiger partial charge in [-0.3, -0.25) is 4.99 Å². The van der Waals surface area contributed by atoms with Crippen LogP contribution in [0.1, 0.15) is 31.7 Å². The molecule has 1 aliphatic heterocycles. The summed E-state index contributed by atoms with van der Waals surface area (Å²) in [5.74, 6) is 1.92. The van der Waals surface area contributed by atoms with Crippen molar-refractivity contribution in [2.45, 2.75) is 32.6 Å². The monoisotopic (exact) mass is 312 g/mol. The summed E-state index contributed by atoms with van der Waals surface area (Å²) in [5, 5.41) is 4.88. The number of aromatic nitrogens is 1. The van der Waals surface area contributed by atoms with E-state index in [4.69, 9.17) is 0 Å². The standard InChI is InChI=1S/C19H28N4/c1-15-9-12-23(13-10-15)19(20-2)21-11-5-6-16-14-22-18-8-4-3-7-17(16)18/h3-4,7-8,14-15,22H,5-6,9-13H2,1-2H3,(H,20,21). The maximum absolute atomic E-state index is 4.45. The fourth-order valence-electron chi connectivity index (χ4n) is 3.37. The third kappa shape index (κ3) is 3.87. The van der Waals surface area contributed by atoms with Crippen LogP contribution in [0.15, 0.2) is 35.5 Å². The minimum Gasteiger partial charge on any atom is -0.361 e. The van der Waals surface area contributed by atoms with E-state index in [-0.39, 0.29) is 0 Å². The van der Waals surface area contributed by atoms with Crippen molar-refractivity contribution in [2.75, 3.05) is 26.7 Å². The van der Waals surface area contributed by atoms with Gasteiger partial charge in [-0.05, 0) is 43.2 Å². The van der Waals surface area contributed by atoms with Crippen LogP contribution >= 0.6 is 0 Å². The Morgan fingerprint density at radius 1 is 1.30 bits per heavy atom. The van der Waals surface area contributed by atoms with Gasteiger partial charge in [0, 0.05) is 43.8 Å². The van der Waals surface area contributed by atoms with Crippen molar-refractivity contribution in [3.8, 4) is 0 Å². The van der Waals surface area contributed by atoms with E-state index in [1.54, 1.807) is 0 Å². The van der Waals surface area contributed by atoms with Crippen LogP contribution in [0.4, 0.5) is 0 Å². The normalized spacial score (nSPS) is 17.0. The van der Waals surface area contributed by atoms with E-state index in [1.165, 1.54) is 29.3 Å². The Kier molecular flexibility index (Phi) is 5.21. The van der Waals surface area contributed by atoms with Gasteiger partial charge in [-0.1, -0.05) is 25.1 Å². The van der Waals surface area contributed by atoms with Gasteiger partial charge in [0.15, 0.2) is 5.96 Å². The number of H-pyrrole nitrogens is 1. The highest BCUT2D eigenvalue weighted by molar-refractivity contribution is 5.83. The first kappa shape index (κ1) is 15.9. The summed E-state index contributed by atoms with van der Waals surface area (Å²) in [6.45, 7) is 5.57. The van der Waals surface area contributed by atoms with Crippen LogP contribution in [0.25, 0.3) is 10.9 Å². The quantitative estimate of drug-likeness (QED) is 0.516. The van der Waals surface area contributed by atoms with Crippen molar-refractivity contribution >= 4 is 16.9 Å². The Labute approximate surface area is 139 Å². The van der Waals surface area contributed by atoms with Crippen LogP contribution in [-0.4, -0.2) is 42.5 Å². The molecule has 4 heteroatoms. The Balaban J connectivity index is 1.47. The summed E-state index contributed by atoms with van der Waals surface area (Å²) in [5.41, 5.74) is 2.64. The van der Waals surface area contributed by atoms with Gasteiger partial charge in [0.2, 0.25) is 0 Å². The zero-order chi connectivity index (χ0) is 16.1. The molecule has 1 aromatic carbocycles. The van der Waals surface area contributed by atoms with Gasteiger partial charge in [0.1, 0.15) is 0 Å². The van der Waals surface area contributed by atoms with Crippen molar-refractivity contribution < 1.29 is 0 Å².